The van der Waals surface area contributed by atoms with Crippen LogP contribution in [0.3, 0.4) is 0 Å². The molecule has 1 aromatic rings. The summed E-state index contributed by atoms with van der Waals surface area (Å²) in [5, 5.41) is 16.0. The van der Waals surface area contributed by atoms with Crippen molar-refractivity contribution in [1.82, 2.24) is 10.6 Å². The van der Waals surface area contributed by atoms with Crippen LogP contribution in [0.1, 0.15) is 44.3 Å². The third kappa shape index (κ3) is 3.83. The number of ether oxygens (including phenoxy) is 1. The van der Waals surface area contributed by atoms with Crippen LogP contribution in [-0.2, 0) is 0 Å². The van der Waals surface area contributed by atoms with Crippen LogP contribution in [0.25, 0.3) is 0 Å². The molecule has 5 atom stereocenters. The van der Waals surface area contributed by atoms with Crippen LogP contribution in [0.15, 0.2) is 24.3 Å². The molecule has 0 aromatic heterocycles. The Morgan fingerprint density at radius 3 is 2.62 bits per heavy atom. The Morgan fingerprint density at radius 2 is 2.04 bits per heavy atom. The molecular formula is C19H28N2O3. The third-order valence-electron chi connectivity index (χ3n) is 5.75. The fourth-order valence-corrected chi connectivity index (χ4v) is 4.40. The van der Waals surface area contributed by atoms with Gasteiger partial charge in [0.2, 0.25) is 0 Å². The van der Waals surface area contributed by atoms with E-state index in [-0.39, 0.29) is 18.6 Å². The molecule has 2 saturated carbocycles. The molecule has 2 bridgehead atoms. The first-order chi connectivity index (χ1) is 11.6. The number of rotatable bonds is 6. The van der Waals surface area contributed by atoms with Crippen molar-refractivity contribution in [1.29, 1.82) is 0 Å². The Morgan fingerprint density at radius 1 is 1.29 bits per heavy atom. The lowest BCUT2D eigenvalue weighted by Crippen LogP contribution is -2.46. The van der Waals surface area contributed by atoms with E-state index in [2.05, 4.69) is 17.6 Å². The molecule has 2 aliphatic rings. The van der Waals surface area contributed by atoms with Crippen molar-refractivity contribution in [3.05, 3.63) is 29.8 Å². The topological polar surface area (TPSA) is 70.6 Å². The van der Waals surface area contributed by atoms with Gasteiger partial charge in [0.1, 0.15) is 5.75 Å². The molecule has 0 heterocycles. The monoisotopic (exact) mass is 332 g/mol. The summed E-state index contributed by atoms with van der Waals surface area (Å²) in [5.74, 6) is 3.02. The molecule has 1 aromatic carbocycles. The minimum atomic E-state index is -0.723. The maximum atomic E-state index is 12.1. The summed E-state index contributed by atoms with van der Waals surface area (Å²) in [4.78, 5) is 12.1. The number of fused-ring (bicyclic) bond motifs is 2. The molecule has 2 amide bonds. The van der Waals surface area contributed by atoms with Crippen molar-refractivity contribution in [2.24, 2.45) is 17.8 Å². The van der Waals surface area contributed by atoms with Gasteiger partial charge < -0.3 is 20.5 Å². The normalized spacial score (nSPS) is 27.5. The minimum Gasteiger partial charge on any atom is -0.497 e. The average molecular weight is 332 g/mol. The average Bonchev–Trinajstić information content (AvgIpc) is 3.23. The van der Waals surface area contributed by atoms with Crippen molar-refractivity contribution in [3.8, 4) is 5.75 Å². The number of carbonyl (C=O) groups is 1. The van der Waals surface area contributed by atoms with E-state index in [0.29, 0.717) is 5.92 Å². The molecule has 5 unspecified atom stereocenters. The second kappa shape index (κ2) is 7.43. The number of benzene rings is 1. The largest absolute Gasteiger partial charge is 0.497 e. The Labute approximate surface area is 143 Å². The molecule has 0 aliphatic heterocycles. The third-order valence-corrected chi connectivity index (χ3v) is 5.75. The molecule has 0 radical (unpaired) electrons. The first-order valence-corrected chi connectivity index (χ1v) is 8.93. The van der Waals surface area contributed by atoms with Crippen LogP contribution in [0.5, 0.6) is 5.75 Å². The van der Waals surface area contributed by atoms with Crippen LogP contribution in [-0.4, -0.2) is 30.8 Å². The number of carbonyl (C=O) groups excluding carboxylic acids is 1. The van der Waals surface area contributed by atoms with E-state index in [4.69, 9.17) is 4.74 Å². The lowest BCUT2D eigenvalue weighted by atomic mass is 9.84. The number of methoxy groups -OCH3 is 1. The van der Waals surface area contributed by atoms with Gasteiger partial charge in [-0.1, -0.05) is 18.6 Å². The lowest BCUT2D eigenvalue weighted by Gasteiger charge is -2.28. The summed E-state index contributed by atoms with van der Waals surface area (Å²) >= 11 is 0. The summed E-state index contributed by atoms with van der Waals surface area (Å²) in [6.45, 7) is 2.30. The quantitative estimate of drug-likeness (QED) is 0.750. The maximum Gasteiger partial charge on any atom is 0.315 e. The van der Waals surface area contributed by atoms with Gasteiger partial charge >= 0.3 is 6.03 Å². The number of hydrogen-bond acceptors (Lipinski definition) is 3. The first kappa shape index (κ1) is 17.1. The van der Waals surface area contributed by atoms with Gasteiger partial charge in [0.25, 0.3) is 0 Å². The van der Waals surface area contributed by atoms with E-state index in [1.54, 1.807) is 31.4 Å². The Balaban J connectivity index is 1.43. The molecule has 24 heavy (non-hydrogen) atoms. The molecular weight excluding hydrogens is 304 g/mol. The molecule has 2 aliphatic carbocycles. The van der Waals surface area contributed by atoms with Crippen LogP contribution >= 0.6 is 0 Å². The van der Waals surface area contributed by atoms with Gasteiger partial charge in [0.05, 0.1) is 13.2 Å². The van der Waals surface area contributed by atoms with Crippen LogP contribution in [0.4, 0.5) is 4.79 Å². The van der Waals surface area contributed by atoms with Gasteiger partial charge in [-0.3, -0.25) is 0 Å². The van der Waals surface area contributed by atoms with Crippen LogP contribution in [0, 0.1) is 17.8 Å². The maximum absolute atomic E-state index is 12.1. The predicted octanol–water partition coefficient (Wildman–Crippen LogP) is 2.85. The molecule has 5 heteroatoms. The zero-order valence-corrected chi connectivity index (χ0v) is 14.5. The minimum absolute atomic E-state index is 0.193. The summed E-state index contributed by atoms with van der Waals surface area (Å²) < 4.78 is 5.10. The fourth-order valence-electron chi connectivity index (χ4n) is 4.40. The molecule has 3 rings (SSSR count). The zero-order chi connectivity index (χ0) is 17.1. The first-order valence-electron chi connectivity index (χ1n) is 8.93. The van der Waals surface area contributed by atoms with E-state index in [1.165, 1.54) is 25.7 Å². The molecule has 0 saturated heterocycles. The van der Waals surface area contributed by atoms with Gasteiger partial charge in [-0.25, -0.2) is 4.79 Å². The molecule has 132 valence electrons. The highest BCUT2D eigenvalue weighted by Crippen LogP contribution is 2.49. The summed E-state index contributed by atoms with van der Waals surface area (Å²) in [6.07, 6.45) is 4.56. The van der Waals surface area contributed by atoms with Gasteiger partial charge in [0, 0.05) is 12.6 Å². The molecule has 2 fully saturated rings. The Hall–Kier alpha value is -1.75. The van der Waals surface area contributed by atoms with Crippen LogP contribution < -0.4 is 15.4 Å². The van der Waals surface area contributed by atoms with E-state index in [1.807, 2.05) is 0 Å². The smallest absolute Gasteiger partial charge is 0.315 e. The fraction of sp³-hybridized carbons (Fsp3) is 0.632. The summed E-state index contributed by atoms with van der Waals surface area (Å²) in [6, 6.07) is 7.21. The van der Waals surface area contributed by atoms with Gasteiger partial charge in [-0.05, 0) is 61.6 Å². The van der Waals surface area contributed by atoms with Crippen molar-refractivity contribution >= 4 is 6.03 Å². The SMILES string of the molecule is COc1ccc(C(O)CNC(=O)NC(C)C2CC3CCC2C3)cc1. The number of urea groups is 1. The van der Waals surface area contributed by atoms with E-state index in [9.17, 15) is 9.90 Å². The van der Waals surface area contributed by atoms with E-state index < -0.39 is 6.10 Å². The Kier molecular flexibility index (Phi) is 5.29. The second-order valence-corrected chi connectivity index (χ2v) is 7.27. The van der Waals surface area contributed by atoms with Gasteiger partial charge in [-0.2, -0.15) is 0 Å². The molecule has 0 spiro atoms. The molecule has 5 nitrogen and oxygen atoms in total. The van der Waals surface area contributed by atoms with Gasteiger partial charge in [0.15, 0.2) is 0 Å². The predicted molar refractivity (Wildman–Crippen MR) is 92.9 cm³/mol. The number of amides is 2. The summed E-state index contributed by atoms with van der Waals surface area (Å²) in [7, 11) is 1.61. The number of aliphatic hydroxyl groups excluding tert-OH is 1. The standard InChI is InChI=1S/C19H28N2O3/c1-12(17-10-13-3-4-15(17)9-13)21-19(23)20-11-18(22)14-5-7-16(24-2)8-6-14/h5-8,12-13,15,17-18,22H,3-4,9-11H2,1-2H3,(H2,20,21,23). The summed E-state index contributed by atoms with van der Waals surface area (Å²) in [5.41, 5.74) is 0.761. The van der Waals surface area contributed by atoms with Crippen molar-refractivity contribution in [2.75, 3.05) is 13.7 Å². The number of hydrogen-bond donors (Lipinski definition) is 3. The number of aliphatic hydroxyl groups is 1. The van der Waals surface area contributed by atoms with E-state index in [0.717, 1.165) is 23.1 Å². The van der Waals surface area contributed by atoms with Crippen molar-refractivity contribution in [3.63, 3.8) is 0 Å². The lowest BCUT2D eigenvalue weighted by molar-refractivity contribution is 0.170. The van der Waals surface area contributed by atoms with Crippen LogP contribution in [0.2, 0.25) is 0 Å². The zero-order valence-electron chi connectivity index (χ0n) is 14.5. The molecule has 3 N–H and O–H groups in total. The second-order valence-electron chi connectivity index (χ2n) is 7.27. The van der Waals surface area contributed by atoms with Crippen molar-refractivity contribution in [2.45, 2.75) is 44.8 Å². The van der Waals surface area contributed by atoms with Gasteiger partial charge in [-0.15, -0.1) is 0 Å². The van der Waals surface area contributed by atoms with E-state index >= 15 is 0 Å². The highest BCUT2D eigenvalue weighted by atomic mass is 16.5. The van der Waals surface area contributed by atoms with Crippen molar-refractivity contribution < 1.29 is 14.6 Å². The highest BCUT2D eigenvalue weighted by Gasteiger charge is 2.42. The highest BCUT2D eigenvalue weighted by molar-refractivity contribution is 5.74. The number of nitrogens with one attached hydrogen (secondary N) is 2. The Bertz CT molecular complexity index is 560.